The van der Waals surface area contributed by atoms with Gasteiger partial charge >= 0.3 is 0 Å². The number of para-hydroxylation sites is 1. The average Bonchev–Trinajstić information content (AvgIpc) is 3.06. The second-order valence-electron chi connectivity index (χ2n) is 6.30. The fourth-order valence-corrected chi connectivity index (χ4v) is 2.79. The predicted molar refractivity (Wildman–Crippen MR) is 98.2 cm³/mol. The van der Waals surface area contributed by atoms with Gasteiger partial charge in [0.25, 0.3) is 5.91 Å². The molecule has 0 radical (unpaired) electrons. The van der Waals surface area contributed by atoms with Gasteiger partial charge in [0, 0.05) is 11.8 Å². The zero-order chi connectivity index (χ0) is 17.8. The van der Waals surface area contributed by atoms with Crippen molar-refractivity contribution in [1.82, 2.24) is 9.78 Å². The van der Waals surface area contributed by atoms with E-state index >= 15 is 0 Å². The second-order valence-corrected chi connectivity index (χ2v) is 6.30. The number of hydrogen-bond donors (Lipinski definition) is 2. The van der Waals surface area contributed by atoms with Crippen molar-refractivity contribution in [1.29, 1.82) is 0 Å². The van der Waals surface area contributed by atoms with Gasteiger partial charge in [0.05, 0.1) is 18.3 Å². The Morgan fingerprint density at radius 3 is 2.32 bits per heavy atom. The van der Waals surface area contributed by atoms with Gasteiger partial charge in [-0.15, -0.1) is 0 Å². The lowest BCUT2D eigenvalue weighted by atomic mass is 10.1. The van der Waals surface area contributed by atoms with Crippen molar-refractivity contribution >= 4 is 5.91 Å². The Morgan fingerprint density at radius 2 is 1.72 bits per heavy atom. The number of hydrogen-bond acceptors (Lipinski definition) is 2. The van der Waals surface area contributed by atoms with Crippen molar-refractivity contribution in [2.24, 2.45) is 5.73 Å². The van der Waals surface area contributed by atoms with Crippen LogP contribution in [0.3, 0.4) is 0 Å². The van der Waals surface area contributed by atoms with E-state index in [2.05, 4.69) is 0 Å². The molecule has 0 aliphatic carbocycles. The fourth-order valence-electron chi connectivity index (χ4n) is 2.79. The van der Waals surface area contributed by atoms with E-state index in [0.29, 0.717) is 6.54 Å². The Kier molecular flexibility index (Phi) is 4.95. The molecule has 2 aromatic carbocycles. The Labute approximate surface area is 147 Å². The summed E-state index contributed by atoms with van der Waals surface area (Å²) in [7, 11) is 1.98. The molecule has 0 saturated carbocycles. The molecule has 1 unspecified atom stereocenters. The number of nitrogens with one attached hydrogen (secondary N) is 1. The van der Waals surface area contributed by atoms with Crippen molar-refractivity contribution in [2.45, 2.75) is 19.5 Å². The van der Waals surface area contributed by atoms with E-state index in [-0.39, 0.29) is 11.9 Å². The van der Waals surface area contributed by atoms with Crippen molar-refractivity contribution in [3.63, 3.8) is 0 Å². The number of aromatic nitrogens is 2. The molecule has 25 heavy (non-hydrogen) atoms. The lowest BCUT2D eigenvalue weighted by Crippen LogP contribution is -3.12. The van der Waals surface area contributed by atoms with Gasteiger partial charge in [-0.25, -0.2) is 4.68 Å². The highest BCUT2D eigenvalue weighted by Gasteiger charge is 2.22. The molecular formula is C20H23N4O+. The van der Waals surface area contributed by atoms with Crippen LogP contribution in [0.2, 0.25) is 0 Å². The van der Waals surface area contributed by atoms with E-state index in [1.165, 1.54) is 0 Å². The molecule has 0 saturated heterocycles. The van der Waals surface area contributed by atoms with Crippen molar-refractivity contribution in [2.75, 3.05) is 7.05 Å². The van der Waals surface area contributed by atoms with Crippen LogP contribution >= 0.6 is 0 Å². The number of primary amides is 1. The van der Waals surface area contributed by atoms with E-state index in [9.17, 15) is 4.79 Å². The molecule has 128 valence electrons. The highest BCUT2D eigenvalue weighted by Crippen LogP contribution is 2.23. The average molecular weight is 335 g/mol. The third-order valence-electron chi connectivity index (χ3n) is 4.49. The number of likely N-dealkylation sites (N-methyl/N-ethyl adjacent to an activating group) is 1. The first kappa shape index (κ1) is 16.9. The van der Waals surface area contributed by atoms with Gasteiger partial charge in [-0.1, -0.05) is 48.5 Å². The van der Waals surface area contributed by atoms with Crippen LogP contribution in [-0.4, -0.2) is 28.8 Å². The van der Waals surface area contributed by atoms with E-state index in [0.717, 1.165) is 27.4 Å². The highest BCUT2D eigenvalue weighted by molar-refractivity contribution is 5.77. The maximum absolute atomic E-state index is 11.5. The minimum atomic E-state index is -0.297. The topological polar surface area (TPSA) is 65.3 Å². The van der Waals surface area contributed by atoms with E-state index in [1.54, 1.807) is 0 Å². The Morgan fingerprint density at radius 1 is 1.12 bits per heavy atom. The summed E-state index contributed by atoms with van der Waals surface area (Å²) in [6.45, 7) is 2.52. The zero-order valence-corrected chi connectivity index (χ0v) is 14.5. The van der Waals surface area contributed by atoms with Crippen LogP contribution in [0.4, 0.5) is 0 Å². The Hall–Kier alpha value is -2.92. The number of benzene rings is 2. The zero-order valence-electron chi connectivity index (χ0n) is 14.5. The molecular weight excluding hydrogens is 312 g/mol. The number of carbonyl (C=O) groups is 1. The van der Waals surface area contributed by atoms with E-state index in [4.69, 9.17) is 10.8 Å². The maximum Gasteiger partial charge on any atom is 0.275 e. The van der Waals surface area contributed by atoms with Gasteiger partial charge in [0.15, 0.2) is 6.04 Å². The molecule has 0 spiro atoms. The third-order valence-corrected chi connectivity index (χ3v) is 4.49. The van der Waals surface area contributed by atoms with Gasteiger partial charge in [0.1, 0.15) is 12.2 Å². The minimum Gasteiger partial charge on any atom is -0.365 e. The Bertz CT molecular complexity index is 843. The monoisotopic (exact) mass is 335 g/mol. The van der Waals surface area contributed by atoms with Gasteiger partial charge in [-0.3, -0.25) is 4.79 Å². The second kappa shape index (κ2) is 7.32. The normalized spacial score (nSPS) is 13.4. The fraction of sp³-hybridized carbons (Fsp3) is 0.200. The summed E-state index contributed by atoms with van der Waals surface area (Å²) < 4.78 is 1.89. The van der Waals surface area contributed by atoms with Crippen LogP contribution in [0.1, 0.15) is 12.5 Å². The van der Waals surface area contributed by atoms with Crippen LogP contribution in [0.5, 0.6) is 0 Å². The van der Waals surface area contributed by atoms with Crippen LogP contribution in [0.15, 0.2) is 66.9 Å². The largest absolute Gasteiger partial charge is 0.365 e. The number of carbonyl (C=O) groups excluding carboxylic acids is 1. The van der Waals surface area contributed by atoms with Crippen LogP contribution < -0.4 is 10.6 Å². The molecule has 1 aromatic heterocycles. The summed E-state index contributed by atoms with van der Waals surface area (Å²) in [4.78, 5) is 12.5. The smallest absolute Gasteiger partial charge is 0.275 e. The molecule has 1 heterocycles. The molecule has 3 rings (SSSR count). The van der Waals surface area contributed by atoms with Crippen LogP contribution in [0, 0.1) is 0 Å². The SMILES string of the molecule is C[C@H](C(N)=O)[NH+](C)Cc1cn(-c2ccccc2)nc1-c1ccccc1. The number of quaternary nitrogens is 1. The first-order chi connectivity index (χ1) is 12.1. The number of rotatable bonds is 6. The summed E-state index contributed by atoms with van der Waals surface area (Å²) in [5, 5.41) is 4.80. The van der Waals surface area contributed by atoms with Gasteiger partial charge in [-0.05, 0) is 19.1 Å². The molecule has 0 bridgehead atoms. The van der Waals surface area contributed by atoms with Crippen molar-refractivity contribution in [3.8, 4) is 16.9 Å². The molecule has 0 aliphatic heterocycles. The van der Waals surface area contributed by atoms with E-state index in [1.807, 2.05) is 85.5 Å². The van der Waals surface area contributed by atoms with Crippen LogP contribution in [-0.2, 0) is 11.3 Å². The highest BCUT2D eigenvalue weighted by atomic mass is 16.1. The first-order valence-corrected chi connectivity index (χ1v) is 8.37. The number of nitrogens with two attached hydrogens (primary N) is 1. The predicted octanol–water partition coefficient (Wildman–Crippen LogP) is 1.43. The number of nitrogens with zero attached hydrogens (tertiary/aromatic N) is 2. The van der Waals surface area contributed by atoms with Crippen molar-refractivity contribution < 1.29 is 9.69 Å². The van der Waals surface area contributed by atoms with E-state index < -0.39 is 0 Å². The Balaban J connectivity index is 2.00. The van der Waals surface area contributed by atoms with Gasteiger partial charge in [0.2, 0.25) is 0 Å². The molecule has 2 atom stereocenters. The molecule has 3 aromatic rings. The minimum absolute atomic E-state index is 0.260. The molecule has 5 nitrogen and oxygen atoms in total. The van der Waals surface area contributed by atoms with Crippen LogP contribution in [0.25, 0.3) is 16.9 Å². The summed E-state index contributed by atoms with van der Waals surface area (Å²) >= 11 is 0. The third kappa shape index (κ3) is 3.78. The lowest BCUT2D eigenvalue weighted by Gasteiger charge is -2.18. The molecule has 0 aliphatic rings. The summed E-state index contributed by atoms with van der Waals surface area (Å²) in [5.41, 5.74) is 9.54. The maximum atomic E-state index is 11.5. The first-order valence-electron chi connectivity index (χ1n) is 8.37. The molecule has 3 N–H and O–H groups in total. The lowest BCUT2D eigenvalue weighted by molar-refractivity contribution is -0.907. The standard InChI is InChI=1S/C20H22N4O/c1-15(20(21)25)23(2)13-17-14-24(18-11-7-4-8-12-18)22-19(17)16-9-5-3-6-10-16/h3-12,14-15H,13H2,1-2H3,(H2,21,25)/p+1/t15-/m1/s1. The van der Waals surface area contributed by atoms with Gasteiger partial charge in [-0.2, -0.15) is 5.10 Å². The summed E-state index contributed by atoms with van der Waals surface area (Å²) in [5.74, 6) is -0.297. The number of amides is 1. The summed E-state index contributed by atoms with van der Waals surface area (Å²) in [6, 6.07) is 19.8. The summed E-state index contributed by atoms with van der Waals surface area (Å²) in [6.07, 6.45) is 2.04. The molecule has 0 fully saturated rings. The molecule has 5 heteroatoms. The van der Waals surface area contributed by atoms with Crippen molar-refractivity contribution in [3.05, 3.63) is 72.4 Å². The quantitative estimate of drug-likeness (QED) is 0.716. The van der Waals surface area contributed by atoms with Gasteiger partial charge < -0.3 is 10.6 Å². The molecule has 1 amide bonds.